The monoisotopic (exact) mass is 233 g/mol. The summed E-state index contributed by atoms with van der Waals surface area (Å²) >= 11 is 1.45. The lowest BCUT2D eigenvalue weighted by Gasteiger charge is -2.02. The molecule has 0 aliphatic carbocycles. The molecule has 0 aliphatic heterocycles. The number of hydrogen-bond acceptors (Lipinski definition) is 4. The normalized spacial score (nSPS) is 9.81. The van der Waals surface area contributed by atoms with Crippen LogP contribution in [0.4, 0.5) is 15.2 Å². The van der Waals surface area contributed by atoms with Crippen molar-refractivity contribution in [2.45, 2.75) is 6.92 Å². The van der Waals surface area contributed by atoms with Crippen molar-refractivity contribution in [3.63, 3.8) is 0 Å². The van der Waals surface area contributed by atoms with Crippen molar-refractivity contribution in [2.24, 2.45) is 0 Å². The summed E-state index contributed by atoms with van der Waals surface area (Å²) in [6.45, 7) is 1.89. The van der Waals surface area contributed by atoms with Crippen LogP contribution >= 0.6 is 11.3 Å². The van der Waals surface area contributed by atoms with E-state index < -0.39 is 5.82 Å². The summed E-state index contributed by atoms with van der Waals surface area (Å²) < 4.78 is 13.3. The summed E-state index contributed by atoms with van der Waals surface area (Å²) in [4.78, 5) is 4.20. The van der Waals surface area contributed by atoms with E-state index in [0.29, 0.717) is 10.8 Å². The van der Waals surface area contributed by atoms with Gasteiger partial charge in [0.05, 0.1) is 11.3 Å². The Labute approximate surface area is 96.2 Å². The van der Waals surface area contributed by atoms with E-state index in [1.54, 1.807) is 12.1 Å². The molecule has 0 amide bonds. The minimum Gasteiger partial charge on any atom is -0.331 e. The van der Waals surface area contributed by atoms with Crippen LogP contribution in [0, 0.1) is 24.1 Å². The molecule has 80 valence electrons. The summed E-state index contributed by atoms with van der Waals surface area (Å²) in [5.74, 6) is -0.527. The van der Waals surface area contributed by atoms with E-state index in [1.165, 1.54) is 23.5 Å². The molecule has 1 aromatic carbocycles. The van der Waals surface area contributed by atoms with Gasteiger partial charge in [-0.3, -0.25) is 0 Å². The quantitative estimate of drug-likeness (QED) is 0.866. The second-order valence-corrected chi connectivity index (χ2v) is 4.08. The molecule has 1 heterocycles. The number of hydrogen-bond donors (Lipinski definition) is 1. The van der Waals surface area contributed by atoms with Gasteiger partial charge in [0.2, 0.25) is 0 Å². The zero-order valence-corrected chi connectivity index (χ0v) is 9.31. The van der Waals surface area contributed by atoms with Gasteiger partial charge in [0.1, 0.15) is 11.9 Å². The largest absolute Gasteiger partial charge is 0.331 e. The van der Waals surface area contributed by atoms with E-state index in [4.69, 9.17) is 5.26 Å². The van der Waals surface area contributed by atoms with Gasteiger partial charge in [-0.05, 0) is 25.1 Å². The standard InChI is InChI=1S/C11H8FN3S/c1-7-6-16-11(14-7)15-9-3-2-8(5-13)10(12)4-9/h2-4,6H,1H3,(H,14,15). The molecule has 5 heteroatoms. The van der Waals surface area contributed by atoms with E-state index in [9.17, 15) is 4.39 Å². The SMILES string of the molecule is Cc1csc(Nc2ccc(C#N)c(F)c2)n1. The lowest BCUT2D eigenvalue weighted by Crippen LogP contribution is -1.92. The van der Waals surface area contributed by atoms with Crippen LogP contribution in [0.25, 0.3) is 0 Å². The number of nitrogens with one attached hydrogen (secondary N) is 1. The third kappa shape index (κ3) is 2.18. The van der Waals surface area contributed by atoms with E-state index in [0.717, 1.165) is 5.69 Å². The Kier molecular flexibility index (Phi) is 2.84. The highest BCUT2D eigenvalue weighted by atomic mass is 32.1. The van der Waals surface area contributed by atoms with Crippen LogP contribution in [0.15, 0.2) is 23.6 Å². The molecular weight excluding hydrogens is 225 g/mol. The predicted octanol–water partition coefficient (Wildman–Crippen LogP) is 3.21. The number of nitrogens with zero attached hydrogens (tertiary/aromatic N) is 2. The first-order chi connectivity index (χ1) is 7.69. The minimum atomic E-state index is -0.527. The third-order valence-electron chi connectivity index (χ3n) is 1.96. The average Bonchev–Trinajstić information content (AvgIpc) is 2.64. The van der Waals surface area contributed by atoms with Crippen molar-refractivity contribution in [1.29, 1.82) is 5.26 Å². The van der Waals surface area contributed by atoms with Gasteiger partial charge in [0, 0.05) is 11.1 Å². The maximum atomic E-state index is 13.3. The number of rotatable bonds is 2. The average molecular weight is 233 g/mol. The summed E-state index contributed by atoms with van der Waals surface area (Å²) in [7, 11) is 0. The third-order valence-corrected chi connectivity index (χ3v) is 2.84. The molecule has 0 radical (unpaired) electrons. The molecule has 1 N–H and O–H groups in total. The highest BCUT2D eigenvalue weighted by molar-refractivity contribution is 7.13. The molecule has 2 aromatic rings. The van der Waals surface area contributed by atoms with Gasteiger partial charge >= 0.3 is 0 Å². The minimum absolute atomic E-state index is 0.0425. The van der Waals surface area contributed by atoms with Gasteiger partial charge in [-0.25, -0.2) is 9.37 Å². The van der Waals surface area contributed by atoms with Crippen molar-refractivity contribution in [3.05, 3.63) is 40.7 Å². The number of halogens is 1. The van der Waals surface area contributed by atoms with Crippen LogP contribution in [0.5, 0.6) is 0 Å². The maximum absolute atomic E-state index is 13.3. The number of aromatic nitrogens is 1. The van der Waals surface area contributed by atoms with Crippen molar-refractivity contribution >= 4 is 22.2 Å². The smallest absolute Gasteiger partial charge is 0.187 e. The van der Waals surface area contributed by atoms with Gasteiger partial charge in [-0.15, -0.1) is 11.3 Å². The molecule has 0 saturated carbocycles. The van der Waals surface area contributed by atoms with E-state index in [1.807, 2.05) is 12.3 Å². The molecule has 0 atom stereocenters. The Morgan fingerprint density at radius 2 is 2.31 bits per heavy atom. The van der Waals surface area contributed by atoms with Crippen molar-refractivity contribution in [1.82, 2.24) is 4.98 Å². The first-order valence-electron chi connectivity index (χ1n) is 4.58. The molecule has 2 rings (SSSR count). The number of anilines is 2. The lowest BCUT2D eigenvalue weighted by molar-refractivity contribution is 0.624. The highest BCUT2D eigenvalue weighted by Crippen LogP contribution is 2.22. The predicted molar refractivity (Wildman–Crippen MR) is 61.2 cm³/mol. The molecule has 0 aliphatic rings. The number of aryl methyl sites for hydroxylation is 1. The Bertz CT molecular complexity index is 557. The first kappa shape index (κ1) is 10.6. The van der Waals surface area contributed by atoms with Crippen LogP contribution in [-0.2, 0) is 0 Å². The zero-order valence-electron chi connectivity index (χ0n) is 8.49. The van der Waals surface area contributed by atoms with Crippen LogP contribution < -0.4 is 5.32 Å². The first-order valence-corrected chi connectivity index (χ1v) is 5.46. The Balaban J connectivity index is 2.23. The molecule has 0 bridgehead atoms. The molecule has 0 saturated heterocycles. The summed E-state index contributed by atoms with van der Waals surface area (Å²) in [6, 6.07) is 6.16. The molecular formula is C11H8FN3S. The molecule has 0 fully saturated rings. The highest BCUT2D eigenvalue weighted by Gasteiger charge is 2.04. The second kappa shape index (κ2) is 4.29. The Hall–Kier alpha value is -1.93. The Morgan fingerprint density at radius 3 is 2.88 bits per heavy atom. The van der Waals surface area contributed by atoms with E-state index in [-0.39, 0.29) is 5.56 Å². The molecule has 3 nitrogen and oxygen atoms in total. The summed E-state index contributed by atoms with van der Waals surface area (Å²) in [5.41, 5.74) is 1.55. The number of nitriles is 1. The van der Waals surface area contributed by atoms with Crippen molar-refractivity contribution in [3.8, 4) is 6.07 Å². The molecule has 1 aromatic heterocycles. The van der Waals surface area contributed by atoms with Gasteiger partial charge in [0.15, 0.2) is 5.13 Å². The van der Waals surface area contributed by atoms with E-state index >= 15 is 0 Å². The second-order valence-electron chi connectivity index (χ2n) is 3.23. The van der Waals surface area contributed by atoms with Crippen LogP contribution in [0.2, 0.25) is 0 Å². The number of thiazole rings is 1. The van der Waals surface area contributed by atoms with Crippen LogP contribution in [0.1, 0.15) is 11.3 Å². The lowest BCUT2D eigenvalue weighted by atomic mass is 10.2. The van der Waals surface area contributed by atoms with E-state index in [2.05, 4.69) is 10.3 Å². The van der Waals surface area contributed by atoms with Crippen LogP contribution in [0.3, 0.4) is 0 Å². The topological polar surface area (TPSA) is 48.7 Å². The fourth-order valence-electron chi connectivity index (χ4n) is 1.22. The van der Waals surface area contributed by atoms with Crippen molar-refractivity contribution in [2.75, 3.05) is 5.32 Å². The Morgan fingerprint density at radius 1 is 1.50 bits per heavy atom. The molecule has 0 unspecified atom stereocenters. The van der Waals surface area contributed by atoms with Gasteiger partial charge < -0.3 is 5.32 Å². The number of benzene rings is 1. The fraction of sp³-hybridized carbons (Fsp3) is 0.0909. The molecule has 0 spiro atoms. The van der Waals surface area contributed by atoms with Gasteiger partial charge in [0.25, 0.3) is 0 Å². The summed E-state index contributed by atoms with van der Waals surface area (Å²) in [5, 5.41) is 14.2. The zero-order chi connectivity index (χ0) is 11.5. The van der Waals surface area contributed by atoms with Gasteiger partial charge in [-0.1, -0.05) is 0 Å². The van der Waals surface area contributed by atoms with Crippen molar-refractivity contribution < 1.29 is 4.39 Å². The van der Waals surface area contributed by atoms with Crippen LogP contribution in [-0.4, -0.2) is 4.98 Å². The summed E-state index contributed by atoms with van der Waals surface area (Å²) in [6.07, 6.45) is 0. The fourth-order valence-corrected chi connectivity index (χ4v) is 1.93. The van der Waals surface area contributed by atoms with Gasteiger partial charge in [-0.2, -0.15) is 5.26 Å². The molecule has 16 heavy (non-hydrogen) atoms. The maximum Gasteiger partial charge on any atom is 0.187 e.